The molecular formula is C11H15N3O2. The first-order valence-corrected chi connectivity index (χ1v) is 5.74. The van der Waals surface area contributed by atoms with E-state index in [1.54, 1.807) is 0 Å². The van der Waals surface area contributed by atoms with Gasteiger partial charge in [0.25, 0.3) is 5.89 Å². The Kier molecular flexibility index (Phi) is 2.40. The van der Waals surface area contributed by atoms with E-state index in [4.69, 9.17) is 4.42 Å². The van der Waals surface area contributed by atoms with Crippen molar-refractivity contribution in [3.8, 4) is 0 Å². The van der Waals surface area contributed by atoms with E-state index in [1.807, 2.05) is 4.90 Å². The minimum absolute atomic E-state index is 0.0700. The van der Waals surface area contributed by atoms with Crippen LogP contribution in [-0.2, 0) is 0 Å². The molecule has 2 aliphatic heterocycles. The molecular weight excluding hydrogens is 206 g/mol. The zero-order chi connectivity index (χ0) is 11.0. The second-order valence-corrected chi connectivity index (χ2v) is 4.56. The summed E-state index contributed by atoms with van der Waals surface area (Å²) in [6.45, 7) is 3.79. The quantitative estimate of drug-likeness (QED) is 0.743. The molecule has 1 aromatic heterocycles. The first-order chi connectivity index (χ1) is 7.84. The van der Waals surface area contributed by atoms with E-state index in [0.29, 0.717) is 11.8 Å². The van der Waals surface area contributed by atoms with E-state index in [1.165, 1.54) is 18.9 Å². The maximum Gasteiger partial charge on any atom is 0.309 e. The fraction of sp³-hybridized carbons (Fsp3) is 0.636. The van der Waals surface area contributed by atoms with Crippen molar-refractivity contribution in [1.29, 1.82) is 0 Å². The van der Waals surface area contributed by atoms with E-state index in [-0.39, 0.29) is 11.8 Å². The molecule has 5 heteroatoms. The molecule has 2 fully saturated rings. The summed E-state index contributed by atoms with van der Waals surface area (Å²) in [6.07, 6.45) is 4.12. The highest BCUT2D eigenvalue weighted by atomic mass is 16.4. The number of amides is 1. The summed E-state index contributed by atoms with van der Waals surface area (Å²) in [5.74, 6) is 1.40. The molecule has 0 saturated carbocycles. The Labute approximate surface area is 93.8 Å². The summed E-state index contributed by atoms with van der Waals surface area (Å²) >= 11 is 0. The molecule has 2 saturated heterocycles. The highest BCUT2D eigenvalue weighted by Crippen LogP contribution is 2.28. The number of rotatable bonds is 1. The zero-order valence-corrected chi connectivity index (χ0v) is 9.06. The number of oxazole rings is 1. The van der Waals surface area contributed by atoms with Gasteiger partial charge in [-0.2, -0.15) is 0 Å². The van der Waals surface area contributed by atoms with Crippen LogP contribution in [0.2, 0.25) is 0 Å². The van der Waals surface area contributed by atoms with Gasteiger partial charge in [-0.25, -0.2) is 4.98 Å². The van der Waals surface area contributed by atoms with Gasteiger partial charge in [0.15, 0.2) is 0 Å². The number of nitrogens with zero attached hydrogens (tertiary/aromatic N) is 2. The Morgan fingerprint density at radius 3 is 3.12 bits per heavy atom. The summed E-state index contributed by atoms with van der Waals surface area (Å²) in [5.41, 5.74) is 0. The maximum absolute atomic E-state index is 12.0. The topological polar surface area (TPSA) is 58.4 Å². The Balaban J connectivity index is 1.71. The number of carbonyl (C=O) groups excluding carboxylic acids is 1. The van der Waals surface area contributed by atoms with Crippen molar-refractivity contribution in [2.24, 2.45) is 11.8 Å². The molecule has 1 N–H and O–H groups in total. The lowest BCUT2D eigenvalue weighted by atomic mass is 9.90. The fourth-order valence-electron chi connectivity index (χ4n) is 2.70. The molecule has 1 amide bonds. The monoisotopic (exact) mass is 221 g/mol. The number of aromatic nitrogens is 1. The number of carbonyl (C=O) groups is 1. The molecule has 2 atom stereocenters. The third kappa shape index (κ3) is 1.61. The van der Waals surface area contributed by atoms with E-state index in [9.17, 15) is 4.79 Å². The van der Waals surface area contributed by atoms with Crippen LogP contribution >= 0.6 is 0 Å². The number of fused-ring (bicyclic) bond motifs is 1. The molecule has 2 aliphatic rings. The lowest BCUT2D eigenvalue weighted by Gasteiger charge is -2.23. The lowest BCUT2D eigenvalue weighted by Crippen LogP contribution is -2.35. The number of likely N-dealkylation sites (tertiary alicyclic amines) is 1. The van der Waals surface area contributed by atoms with Crippen molar-refractivity contribution in [2.45, 2.75) is 6.42 Å². The van der Waals surface area contributed by atoms with Gasteiger partial charge in [0.05, 0.1) is 6.20 Å². The standard InChI is InChI=1S/C11H15N3O2/c15-11(10-13-3-4-16-10)14-6-8-1-2-12-5-9(8)7-14/h3-4,8-9,12H,1-2,5-7H2. The van der Waals surface area contributed by atoms with Crippen molar-refractivity contribution >= 4 is 5.91 Å². The van der Waals surface area contributed by atoms with Gasteiger partial charge in [-0.1, -0.05) is 0 Å². The van der Waals surface area contributed by atoms with Crippen LogP contribution in [0.25, 0.3) is 0 Å². The molecule has 0 aliphatic carbocycles. The van der Waals surface area contributed by atoms with Crippen LogP contribution in [0.1, 0.15) is 17.1 Å². The van der Waals surface area contributed by atoms with E-state index in [0.717, 1.165) is 26.2 Å². The van der Waals surface area contributed by atoms with Gasteiger partial charge < -0.3 is 14.6 Å². The average Bonchev–Trinajstić information content (AvgIpc) is 2.97. The summed E-state index contributed by atoms with van der Waals surface area (Å²) in [5, 5.41) is 3.37. The third-order valence-electron chi connectivity index (χ3n) is 3.58. The maximum atomic E-state index is 12.0. The first-order valence-electron chi connectivity index (χ1n) is 5.74. The van der Waals surface area contributed by atoms with Crippen molar-refractivity contribution in [1.82, 2.24) is 15.2 Å². The molecule has 3 heterocycles. The Hall–Kier alpha value is -1.36. The van der Waals surface area contributed by atoms with Gasteiger partial charge in [0, 0.05) is 13.1 Å². The van der Waals surface area contributed by atoms with Gasteiger partial charge in [-0.3, -0.25) is 4.79 Å². The van der Waals surface area contributed by atoms with Gasteiger partial charge in [-0.15, -0.1) is 0 Å². The molecule has 86 valence electrons. The Bertz CT molecular complexity index is 363. The van der Waals surface area contributed by atoms with Crippen molar-refractivity contribution < 1.29 is 9.21 Å². The van der Waals surface area contributed by atoms with Crippen LogP contribution in [0.5, 0.6) is 0 Å². The molecule has 0 radical (unpaired) electrons. The van der Waals surface area contributed by atoms with Crippen LogP contribution in [0.4, 0.5) is 0 Å². The van der Waals surface area contributed by atoms with Gasteiger partial charge in [0.1, 0.15) is 6.26 Å². The van der Waals surface area contributed by atoms with Gasteiger partial charge >= 0.3 is 5.91 Å². The van der Waals surface area contributed by atoms with Crippen molar-refractivity contribution in [2.75, 3.05) is 26.2 Å². The lowest BCUT2D eigenvalue weighted by molar-refractivity contribution is 0.0745. The SMILES string of the molecule is O=C(c1ncco1)N1CC2CCNCC2C1. The predicted octanol–water partition coefficient (Wildman–Crippen LogP) is 0.356. The molecule has 2 unspecified atom stereocenters. The highest BCUT2D eigenvalue weighted by Gasteiger charge is 2.37. The second kappa shape index (κ2) is 3.90. The highest BCUT2D eigenvalue weighted by molar-refractivity contribution is 5.89. The Morgan fingerprint density at radius 1 is 1.50 bits per heavy atom. The third-order valence-corrected chi connectivity index (χ3v) is 3.58. The van der Waals surface area contributed by atoms with E-state index < -0.39 is 0 Å². The predicted molar refractivity (Wildman–Crippen MR) is 56.9 cm³/mol. The normalized spacial score (nSPS) is 29.1. The number of nitrogens with one attached hydrogen (secondary N) is 1. The Morgan fingerprint density at radius 2 is 2.38 bits per heavy atom. The minimum Gasteiger partial charge on any atom is -0.441 e. The van der Waals surface area contributed by atoms with Crippen LogP contribution in [0.15, 0.2) is 16.9 Å². The molecule has 0 bridgehead atoms. The molecule has 1 aromatic rings. The van der Waals surface area contributed by atoms with Crippen LogP contribution in [0, 0.1) is 11.8 Å². The summed E-state index contributed by atoms with van der Waals surface area (Å²) in [4.78, 5) is 17.8. The molecule has 16 heavy (non-hydrogen) atoms. The molecule has 0 aromatic carbocycles. The molecule has 0 spiro atoms. The smallest absolute Gasteiger partial charge is 0.309 e. The second-order valence-electron chi connectivity index (χ2n) is 4.56. The van der Waals surface area contributed by atoms with Crippen molar-refractivity contribution in [3.05, 3.63) is 18.4 Å². The van der Waals surface area contributed by atoms with Gasteiger partial charge in [0.2, 0.25) is 0 Å². The zero-order valence-electron chi connectivity index (χ0n) is 9.06. The van der Waals surface area contributed by atoms with E-state index >= 15 is 0 Å². The minimum atomic E-state index is -0.0700. The number of hydrogen-bond acceptors (Lipinski definition) is 4. The van der Waals surface area contributed by atoms with Crippen molar-refractivity contribution in [3.63, 3.8) is 0 Å². The van der Waals surface area contributed by atoms with Crippen LogP contribution in [0.3, 0.4) is 0 Å². The number of piperidine rings is 1. The summed E-state index contributed by atoms with van der Waals surface area (Å²) < 4.78 is 5.04. The first kappa shape index (κ1) is 9.84. The fourth-order valence-corrected chi connectivity index (χ4v) is 2.70. The van der Waals surface area contributed by atoms with E-state index in [2.05, 4.69) is 10.3 Å². The number of hydrogen-bond donors (Lipinski definition) is 1. The summed E-state index contributed by atoms with van der Waals surface area (Å²) in [6, 6.07) is 0. The largest absolute Gasteiger partial charge is 0.441 e. The molecule has 5 nitrogen and oxygen atoms in total. The van der Waals surface area contributed by atoms with Gasteiger partial charge in [-0.05, 0) is 31.3 Å². The van der Waals surface area contributed by atoms with Crippen LogP contribution < -0.4 is 5.32 Å². The summed E-state index contributed by atoms with van der Waals surface area (Å²) in [7, 11) is 0. The average molecular weight is 221 g/mol. The molecule has 3 rings (SSSR count). The van der Waals surface area contributed by atoms with Crippen LogP contribution in [-0.4, -0.2) is 42.0 Å².